The van der Waals surface area contributed by atoms with Gasteiger partial charge in [-0.3, -0.25) is 14.4 Å². The molecule has 15 atom stereocenters. The molecule has 1 unspecified atom stereocenters. The summed E-state index contributed by atoms with van der Waals surface area (Å²) in [6, 6.07) is -1.12. The fraction of sp³-hybridized carbons (Fsp3) is 0.741. The van der Waals surface area contributed by atoms with Gasteiger partial charge in [-0.05, 0) is 118 Å². The number of hydrogen-bond acceptors (Lipinski definition) is 13. The van der Waals surface area contributed by atoms with Gasteiger partial charge in [0.2, 0.25) is 5.79 Å². The Hall–Kier alpha value is -3.34. The van der Waals surface area contributed by atoms with E-state index in [0.717, 1.165) is 30.4 Å². The van der Waals surface area contributed by atoms with Gasteiger partial charge in [0.1, 0.15) is 30.1 Å². The highest BCUT2D eigenvalue weighted by atomic mass is 16.6. The number of allylic oxidation sites excluding steroid dienone is 6. The number of hydrogen-bond donors (Lipinski definition) is 3. The van der Waals surface area contributed by atoms with Gasteiger partial charge in [-0.2, -0.15) is 0 Å². The molecule has 2 saturated heterocycles. The monoisotopic (exact) mass is 956 g/mol. The van der Waals surface area contributed by atoms with Gasteiger partial charge in [0.15, 0.2) is 0 Å². The standard InChI is InChI=1S/C54H85NO13/c1-33-17-13-12-14-18-34(2)46(63-9)31-42-22-20-39(7)54(62,68-42)51(59)52(60)55-24-16-15-19-43(55)53(61)67-47(37(5)29-41-21-23-45(66-26-25-56)48(30-41)64-10)32-44(57)36(4)28-38(6)49(58)50(65-11)40(8)35(3)27-33/h12-14,17-18,28,33,35-37,39,41-43,45-50,56,58,62H,8,15-16,19-27,29-32H2,1-7,9-11H3/b14-12+,17-13+,34-18+,38-28+/t33-,35-,36-,37-,39-,41+,42+,43+,45-,46+,47?,48-,49-,50+,54-/m1/s1. The number of methoxy groups -OCH3 is 3. The first-order valence-corrected chi connectivity index (χ1v) is 25.2. The molecule has 1 saturated carbocycles. The second-order valence-electron chi connectivity index (χ2n) is 20.3. The molecule has 3 fully saturated rings. The molecule has 0 aromatic heterocycles. The molecule has 3 aliphatic heterocycles. The van der Waals surface area contributed by atoms with Crippen LogP contribution < -0.4 is 0 Å². The molecule has 4 rings (SSSR count). The van der Waals surface area contributed by atoms with Crippen LogP contribution >= 0.6 is 0 Å². The molecule has 0 spiro atoms. The third-order valence-electron chi connectivity index (χ3n) is 15.1. The maximum absolute atomic E-state index is 14.5. The second kappa shape index (κ2) is 27.3. The normalized spacial score (nSPS) is 39.2. The lowest BCUT2D eigenvalue weighted by Gasteiger charge is -2.42. The van der Waals surface area contributed by atoms with E-state index in [2.05, 4.69) is 26.5 Å². The number of carbonyl (C=O) groups excluding carboxylic acids is 4. The lowest BCUT2D eigenvalue weighted by molar-refractivity contribution is -0.265. The van der Waals surface area contributed by atoms with Gasteiger partial charge < -0.3 is 48.6 Å². The average molecular weight is 956 g/mol. The number of aliphatic hydroxyl groups is 3. The van der Waals surface area contributed by atoms with Crippen molar-refractivity contribution in [2.45, 2.75) is 180 Å². The molecule has 0 aromatic carbocycles. The number of nitrogens with zero attached hydrogens (tertiary/aromatic N) is 1. The number of fused-ring (bicyclic) bond motifs is 3. The highest BCUT2D eigenvalue weighted by Crippen LogP contribution is 2.38. The number of carbonyl (C=O) groups is 4. The van der Waals surface area contributed by atoms with Crippen molar-refractivity contribution in [3.8, 4) is 0 Å². The minimum Gasteiger partial charge on any atom is -0.460 e. The zero-order valence-electron chi connectivity index (χ0n) is 42.7. The van der Waals surface area contributed by atoms with Crippen molar-refractivity contribution in [2.75, 3.05) is 41.1 Å². The van der Waals surface area contributed by atoms with E-state index < -0.39 is 71.8 Å². The Morgan fingerprint density at radius 1 is 0.882 bits per heavy atom. The molecule has 14 nitrogen and oxygen atoms in total. The number of aliphatic hydroxyl groups excluding tert-OH is 2. The smallest absolute Gasteiger partial charge is 0.329 e. The van der Waals surface area contributed by atoms with Crippen LogP contribution in [0.15, 0.2) is 59.8 Å². The summed E-state index contributed by atoms with van der Waals surface area (Å²) in [6.07, 6.45) is 13.8. The molecule has 14 heteroatoms. The van der Waals surface area contributed by atoms with Crippen molar-refractivity contribution in [1.29, 1.82) is 0 Å². The first-order chi connectivity index (χ1) is 32.3. The number of rotatable bonds is 9. The topological polar surface area (TPSA) is 188 Å². The molecule has 3 N–H and O–H groups in total. The summed E-state index contributed by atoms with van der Waals surface area (Å²) in [6.45, 7) is 17.9. The number of cyclic esters (lactones) is 1. The van der Waals surface area contributed by atoms with Crippen molar-refractivity contribution in [3.05, 3.63) is 59.8 Å². The zero-order chi connectivity index (χ0) is 50.3. The van der Waals surface area contributed by atoms with Crippen molar-refractivity contribution in [2.24, 2.45) is 35.5 Å². The Morgan fingerprint density at radius 3 is 2.29 bits per heavy atom. The van der Waals surface area contributed by atoms with Crippen LogP contribution in [0.4, 0.5) is 0 Å². The van der Waals surface area contributed by atoms with Gasteiger partial charge in [0.25, 0.3) is 11.7 Å². The molecular formula is C54H85NO13. The van der Waals surface area contributed by atoms with Gasteiger partial charge in [-0.15, -0.1) is 0 Å². The number of piperidine rings is 1. The van der Waals surface area contributed by atoms with Crippen molar-refractivity contribution >= 4 is 23.4 Å². The Labute approximate surface area is 406 Å². The maximum Gasteiger partial charge on any atom is 0.329 e. The molecule has 384 valence electrons. The summed E-state index contributed by atoms with van der Waals surface area (Å²) in [5, 5.41) is 33.0. The molecule has 1 aliphatic carbocycles. The summed E-state index contributed by atoms with van der Waals surface area (Å²) >= 11 is 0. The van der Waals surface area contributed by atoms with Crippen LogP contribution in [0.3, 0.4) is 0 Å². The van der Waals surface area contributed by atoms with Crippen LogP contribution in [-0.4, -0.2) is 139 Å². The maximum atomic E-state index is 14.5. The number of esters is 1. The van der Waals surface area contributed by atoms with E-state index >= 15 is 0 Å². The lowest BCUT2D eigenvalue weighted by Crippen LogP contribution is -2.61. The fourth-order valence-electron chi connectivity index (χ4n) is 10.6. The SMILES string of the molecule is C=C1[C@H](C)C[C@H](C)/C=C/C=C/C=C(\C)[C@@H](OC)C[C@@H]2CC[C@@H](C)[C@@](O)(O2)C(=O)C(=O)N2CCCC[C@H]2C(=O)OC([C@H](C)C[C@@H]2CC[C@@H](OCCO)[C@H](OC)C2)CC(=O)[C@H](C)/C=C(\C)[C@@H](O)[C@H]1OC. The molecule has 3 heterocycles. The third kappa shape index (κ3) is 15.3. The van der Waals surface area contributed by atoms with E-state index in [0.29, 0.717) is 50.5 Å². The van der Waals surface area contributed by atoms with E-state index in [4.69, 9.17) is 28.4 Å². The average Bonchev–Trinajstić information content (AvgIpc) is 3.32. The van der Waals surface area contributed by atoms with Crippen LogP contribution in [0.25, 0.3) is 0 Å². The first-order valence-electron chi connectivity index (χ1n) is 25.2. The van der Waals surface area contributed by atoms with E-state index in [1.807, 2.05) is 38.2 Å². The summed E-state index contributed by atoms with van der Waals surface area (Å²) in [5.41, 5.74) is 2.20. The molecule has 68 heavy (non-hydrogen) atoms. The van der Waals surface area contributed by atoms with Gasteiger partial charge in [-0.1, -0.05) is 77.7 Å². The molecule has 4 aliphatic rings. The van der Waals surface area contributed by atoms with Gasteiger partial charge in [-0.25, -0.2) is 4.79 Å². The van der Waals surface area contributed by atoms with Crippen molar-refractivity contribution < 1.29 is 62.9 Å². The van der Waals surface area contributed by atoms with Gasteiger partial charge >= 0.3 is 5.97 Å². The number of amides is 1. The van der Waals surface area contributed by atoms with Crippen LogP contribution in [-0.2, 0) is 47.6 Å². The van der Waals surface area contributed by atoms with Crippen LogP contribution in [0.5, 0.6) is 0 Å². The number of ether oxygens (including phenoxy) is 6. The molecular weight excluding hydrogens is 871 g/mol. The third-order valence-corrected chi connectivity index (χ3v) is 15.1. The second-order valence-corrected chi connectivity index (χ2v) is 20.3. The van der Waals surface area contributed by atoms with E-state index in [-0.39, 0.29) is 74.3 Å². The largest absolute Gasteiger partial charge is 0.460 e. The van der Waals surface area contributed by atoms with E-state index in [1.54, 1.807) is 41.1 Å². The predicted molar refractivity (Wildman–Crippen MR) is 260 cm³/mol. The summed E-state index contributed by atoms with van der Waals surface area (Å²) in [4.78, 5) is 58.5. The van der Waals surface area contributed by atoms with Crippen LogP contribution in [0, 0.1) is 35.5 Å². The van der Waals surface area contributed by atoms with Crippen molar-refractivity contribution in [3.63, 3.8) is 0 Å². The van der Waals surface area contributed by atoms with Gasteiger partial charge in [0.05, 0.1) is 37.6 Å². The van der Waals surface area contributed by atoms with Gasteiger partial charge in [0, 0.05) is 52.6 Å². The van der Waals surface area contributed by atoms with E-state index in [1.165, 1.54) is 12.0 Å². The van der Waals surface area contributed by atoms with Crippen LogP contribution in [0.2, 0.25) is 0 Å². The predicted octanol–water partition coefficient (Wildman–Crippen LogP) is 7.18. The minimum absolute atomic E-state index is 0.00160. The Bertz CT molecular complexity index is 1810. The fourth-order valence-corrected chi connectivity index (χ4v) is 10.6. The highest BCUT2D eigenvalue weighted by molar-refractivity contribution is 6.39. The lowest BCUT2D eigenvalue weighted by atomic mass is 9.78. The summed E-state index contributed by atoms with van der Waals surface area (Å²) in [7, 11) is 4.78. The number of ketones is 2. The summed E-state index contributed by atoms with van der Waals surface area (Å²) in [5.74, 6) is -6.81. The number of Topliss-reactive ketones (excluding diaryl/α,β-unsaturated/α-hetero) is 2. The Morgan fingerprint density at radius 2 is 1.62 bits per heavy atom. The zero-order valence-corrected chi connectivity index (χ0v) is 42.7. The van der Waals surface area contributed by atoms with Crippen molar-refractivity contribution in [1.82, 2.24) is 4.90 Å². The van der Waals surface area contributed by atoms with Crippen LogP contribution in [0.1, 0.15) is 126 Å². The minimum atomic E-state index is -2.42. The summed E-state index contributed by atoms with van der Waals surface area (Å²) < 4.78 is 35.9. The van der Waals surface area contributed by atoms with E-state index in [9.17, 15) is 34.5 Å². The highest BCUT2D eigenvalue weighted by Gasteiger charge is 2.53. The molecule has 2 bridgehead atoms. The Kier molecular flexibility index (Phi) is 23.0. The molecule has 0 aromatic rings. The quantitative estimate of drug-likeness (QED) is 0.120. The Balaban J connectivity index is 1.70. The molecule has 1 amide bonds. The molecule has 0 radical (unpaired) electrons. The first kappa shape index (κ1) is 57.2.